The molecule has 2 amide bonds. The number of carbonyl (C=O) groups excluding carboxylic acids is 1. The van der Waals surface area contributed by atoms with E-state index in [2.05, 4.69) is 10.6 Å². The number of nitrogens with one attached hydrogen (secondary N) is 2. The van der Waals surface area contributed by atoms with Gasteiger partial charge in [-0.1, -0.05) is 6.07 Å². The van der Waals surface area contributed by atoms with E-state index in [9.17, 15) is 18.4 Å². The molecule has 0 aromatic heterocycles. The number of halogens is 2. The van der Waals surface area contributed by atoms with Gasteiger partial charge in [-0.05, 0) is 37.8 Å². The maximum absolute atomic E-state index is 13.8. The van der Waals surface area contributed by atoms with Crippen LogP contribution < -0.4 is 10.6 Å². The van der Waals surface area contributed by atoms with Gasteiger partial charge < -0.3 is 15.7 Å². The second kappa shape index (κ2) is 5.67. The normalized spacial score (nSPS) is 16.0. The van der Waals surface area contributed by atoms with Gasteiger partial charge in [-0.25, -0.2) is 13.6 Å². The van der Waals surface area contributed by atoms with E-state index in [-0.39, 0.29) is 12.0 Å². The first kappa shape index (κ1) is 15.2. The standard InChI is InChI=1S/C14H16F2N2O3/c1-8-3-4-9(15)12(11(8)16)17-13(21)18-14(5-2-6-14)7-10(19)20/h3-4H,2,5-7H2,1H3,(H,19,20)(H2,17,18,21). The van der Waals surface area contributed by atoms with E-state index >= 15 is 0 Å². The third-order valence-corrected chi connectivity index (χ3v) is 3.70. The number of urea groups is 1. The molecule has 0 unspecified atom stereocenters. The largest absolute Gasteiger partial charge is 0.481 e. The summed E-state index contributed by atoms with van der Waals surface area (Å²) in [7, 11) is 0. The molecule has 1 aliphatic carbocycles. The van der Waals surface area contributed by atoms with E-state index in [1.165, 1.54) is 13.0 Å². The summed E-state index contributed by atoms with van der Waals surface area (Å²) in [6, 6.07) is 1.52. The predicted molar refractivity (Wildman–Crippen MR) is 72.1 cm³/mol. The van der Waals surface area contributed by atoms with Crippen LogP contribution in [-0.4, -0.2) is 22.6 Å². The number of hydrogen-bond donors (Lipinski definition) is 3. The number of hydrogen-bond acceptors (Lipinski definition) is 2. The lowest BCUT2D eigenvalue weighted by molar-refractivity contribution is -0.139. The monoisotopic (exact) mass is 298 g/mol. The van der Waals surface area contributed by atoms with Crippen LogP contribution in [0.5, 0.6) is 0 Å². The van der Waals surface area contributed by atoms with Crippen molar-refractivity contribution in [3.05, 3.63) is 29.3 Å². The zero-order valence-electron chi connectivity index (χ0n) is 11.5. The lowest BCUT2D eigenvalue weighted by Crippen LogP contribution is -2.55. The highest BCUT2D eigenvalue weighted by atomic mass is 19.1. The molecule has 0 bridgehead atoms. The Labute approximate surface area is 120 Å². The Morgan fingerprint density at radius 2 is 2.00 bits per heavy atom. The van der Waals surface area contributed by atoms with Crippen LogP contribution in [0, 0.1) is 18.6 Å². The SMILES string of the molecule is Cc1ccc(F)c(NC(=O)NC2(CC(=O)O)CCC2)c1F. The highest BCUT2D eigenvalue weighted by Crippen LogP contribution is 2.35. The minimum absolute atomic E-state index is 0.204. The first-order chi connectivity index (χ1) is 9.83. The minimum atomic E-state index is -1.03. The third kappa shape index (κ3) is 3.29. The molecule has 1 saturated carbocycles. The van der Waals surface area contributed by atoms with Crippen molar-refractivity contribution in [2.24, 2.45) is 0 Å². The molecule has 0 heterocycles. The number of anilines is 1. The van der Waals surface area contributed by atoms with Gasteiger partial charge in [0.2, 0.25) is 0 Å². The number of carboxylic acids is 1. The average molecular weight is 298 g/mol. The third-order valence-electron chi connectivity index (χ3n) is 3.70. The summed E-state index contributed by atoms with van der Waals surface area (Å²) in [6.45, 7) is 1.45. The van der Waals surface area contributed by atoms with Gasteiger partial charge in [-0.3, -0.25) is 4.79 Å². The van der Waals surface area contributed by atoms with Gasteiger partial charge in [0.1, 0.15) is 11.5 Å². The lowest BCUT2D eigenvalue weighted by atomic mass is 9.74. The summed E-state index contributed by atoms with van der Waals surface area (Å²) in [6.07, 6.45) is 1.66. The summed E-state index contributed by atoms with van der Waals surface area (Å²) >= 11 is 0. The number of carboxylic acid groups (broad SMARTS) is 1. The second-order valence-corrected chi connectivity index (χ2v) is 5.34. The molecule has 1 aromatic carbocycles. The van der Waals surface area contributed by atoms with Crippen molar-refractivity contribution in [2.45, 2.75) is 38.1 Å². The highest BCUT2D eigenvalue weighted by Gasteiger charge is 2.40. The van der Waals surface area contributed by atoms with E-state index in [1.54, 1.807) is 0 Å². The fraction of sp³-hybridized carbons (Fsp3) is 0.429. The Bertz CT molecular complexity index is 586. The van der Waals surface area contributed by atoms with Crippen molar-refractivity contribution in [3.63, 3.8) is 0 Å². The number of benzene rings is 1. The number of carbonyl (C=O) groups is 2. The van der Waals surface area contributed by atoms with E-state index in [0.717, 1.165) is 12.5 Å². The molecule has 0 saturated heterocycles. The Morgan fingerprint density at radius 1 is 1.33 bits per heavy atom. The molecule has 3 N–H and O–H groups in total. The van der Waals surface area contributed by atoms with Gasteiger partial charge in [0.25, 0.3) is 0 Å². The minimum Gasteiger partial charge on any atom is -0.481 e. The molecule has 1 aromatic rings. The van der Waals surface area contributed by atoms with Gasteiger partial charge in [-0.2, -0.15) is 0 Å². The zero-order valence-corrected chi connectivity index (χ0v) is 11.5. The number of amides is 2. The number of rotatable bonds is 4. The van der Waals surface area contributed by atoms with Crippen molar-refractivity contribution >= 4 is 17.7 Å². The molecule has 1 fully saturated rings. The van der Waals surface area contributed by atoms with Crippen LogP contribution in [0.15, 0.2) is 12.1 Å². The molecular weight excluding hydrogens is 282 g/mol. The fourth-order valence-corrected chi connectivity index (χ4v) is 2.40. The van der Waals surface area contributed by atoms with Gasteiger partial charge in [0.05, 0.1) is 12.0 Å². The van der Waals surface area contributed by atoms with E-state index < -0.39 is 34.9 Å². The molecule has 0 radical (unpaired) electrons. The molecule has 21 heavy (non-hydrogen) atoms. The van der Waals surface area contributed by atoms with Crippen molar-refractivity contribution < 1.29 is 23.5 Å². The quantitative estimate of drug-likeness (QED) is 0.799. The Balaban J connectivity index is 2.09. The van der Waals surface area contributed by atoms with E-state index in [4.69, 9.17) is 5.11 Å². The van der Waals surface area contributed by atoms with Crippen LogP contribution in [0.1, 0.15) is 31.2 Å². The Morgan fingerprint density at radius 3 is 2.52 bits per heavy atom. The predicted octanol–water partition coefficient (Wildman–Crippen LogP) is 2.79. The summed E-state index contributed by atoms with van der Waals surface area (Å²) in [5, 5.41) is 13.5. The molecule has 5 nitrogen and oxygen atoms in total. The van der Waals surface area contributed by atoms with Crippen LogP contribution in [0.25, 0.3) is 0 Å². The molecule has 114 valence electrons. The smallest absolute Gasteiger partial charge is 0.319 e. The van der Waals surface area contributed by atoms with Gasteiger partial charge >= 0.3 is 12.0 Å². The topological polar surface area (TPSA) is 78.4 Å². The molecule has 0 aliphatic heterocycles. The van der Waals surface area contributed by atoms with Crippen molar-refractivity contribution in [3.8, 4) is 0 Å². The lowest BCUT2D eigenvalue weighted by Gasteiger charge is -2.41. The first-order valence-corrected chi connectivity index (χ1v) is 6.58. The molecule has 0 spiro atoms. The van der Waals surface area contributed by atoms with E-state index in [1.807, 2.05) is 0 Å². The Kier molecular flexibility index (Phi) is 4.11. The number of aliphatic carboxylic acids is 1. The van der Waals surface area contributed by atoms with Gasteiger partial charge in [-0.15, -0.1) is 0 Å². The van der Waals surface area contributed by atoms with Crippen molar-refractivity contribution in [2.75, 3.05) is 5.32 Å². The summed E-state index contributed by atoms with van der Waals surface area (Å²) in [4.78, 5) is 22.7. The number of aryl methyl sites for hydroxylation is 1. The second-order valence-electron chi connectivity index (χ2n) is 5.34. The molecular formula is C14H16F2N2O3. The fourth-order valence-electron chi connectivity index (χ4n) is 2.40. The molecule has 1 aliphatic rings. The first-order valence-electron chi connectivity index (χ1n) is 6.58. The van der Waals surface area contributed by atoms with Crippen molar-refractivity contribution in [1.82, 2.24) is 5.32 Å². The van der Waals surface area contributed by atoms with Gasteiger partial charge in [0.15, 0.2) is 5.82 Å². The van der Waals surface area contributed by atoms with Crippen LogP contribution >= 0.6 is 0 Å². The Hall–Kier alpha value is -2.18. The zero-order chi connectivity index (χ0) is 15.6. The molecule has 7 heteroatoms. The summed E-state index contributed by atoms with van der Waals surface area (Å²) in [5.74, 6) is -2.75. The summed E-state index contributed by atoms with van der Waals surface area (Å²) in [5.41, 5.74) is -1.15. The molecule has 2 rings (SSSR count). The van der Waals surface area contributed by atoms with Crippen LogP contribution in [-0.2, 0) is 4.79 Å². The summed E-state index contributed by atoms with van der Waals surface area (Å²) < 4.78 is 27.3. The average Bonchev–Trinajstić information content (AvgIpc) is 2.36. The van der Waals surface area contributed by atoms with Crippen molar-refractivity contribution in [1.29, 1.82) is 0 Å². The van der Waals surface area contributed by atoms with Crippen LogP contribution in [0.4, 0.5) is 19.3 Å². The van der Waals surface area contributed by atoms with Crippen LogP contribution in [0.3, 0.4) is 0 Å². The maximum Gasteiger partial charge on any atom is 0.319 e. The van der Waals surface area contributed by atoms with Gasteiger partial charge in [0, 0.05) is 0 Å². The molecule has 0 atom stereocenters. The maximum atomic E-state index is 13.8. The van der Waals surface area contributed by atoms with E-state index in [0.29, 0.717) is 12.8 Å². The van der Waals surface area contributed by atoms with Crippen LogP contribution in [0.2, 0.25) is 0 Å². The highest BCUT2D eigenvalue weighted by molar-refractivity contribution is 5.90.